The number of halogens is 2. The number of rotatable bonds is 6. The molecule has 28 heavy (non-hydrogen) atoms. The number of aromatic nitrogens is 1. The molecule has 0 bridgehead atoms. The van der Waals surface area contributed by atoms with Gasteiger partial charge in [0.2, 0.25) is 5.91 Å². The third kappa shape index (κ3) is 5.12. The third-order valence-electron chi connectivity index (χ3n) is 4.35. The zero-order chi connectivity index (χ0) is 20.3. The quantitative estimate of drug-likeness (QED) is 0.619. The highest BCUT2D eigenvalue weighted by Gasteiger charge is 2.26. The number of carbonyl (C=O) groups excluding carboxylic acids is 1. The van der Waals surface area contributed by atoms with Crippen molar-refractivity contribution in [3.05, 3.63) is 46.3 Å². The van der Waals surface area contributed by atoms with Crippen LogP contribution in [-0.4, -0.2) is 61.9 Å². The lowest BCUT2D eigenvalue weighted by atomic mass is 10.2. The Hall–Kier alpha value is -1.45. The standard InChI is InChI=1S/C18H19Cl2N3O3S2/c1-2-5-23(17(24)11-22-6-8-28(25,26)9-7-22)18-21-16(12-27-18)13-3-4-14(19)15(20)10-13/h2-4,10,12H,1,5-9,11H2. The number of hydrogen-bond acceptors (Lipinski definition) is 6. The number of hydrogen-bond donors (Lipinski definition) is 0. The van der Waals surface area contributed by atoms with E-state index >= 15 is 0 Å². The van der Waals surface area contributed by atoms with E-state index in [0.717, 1.165) is 5.56 Å². The first kappa shape index (κ1) is 21.3. The lowest BCUT2D eigenvalue weighted by Gasteiger charge is -2.28. The normalized spacial score (nSPS) is 16.6. The van der Waals surface area contributed by atoms with Crippen molar-refractivity contribution in [2.24, 2.45) is 0 Å². The molecule has 0 radical (unpaired) electrons. The van der Waals surface area contributed by atoms with Crippen LogP contribution in [0, 0.1) is 0 Å². The van der Waals surface area contributed by atoms with Gasteiger partial charge in [0.25, 0.3) is 0 Å². The molecule has 0 unspecified atom stereocenters. The summed E-state index contributed by atoms with van der Waals surface area (Å²) in [6.45, 7) is 4.91. The molecule has 2 heterocycles. The highest BCUT2D eigenvalue weighted by Crippen LogP contribution is 2.31. The average molecular weight is 460 g/mol. The molecule has 3 rings (SSSR count). The lowest BCUT2D eigenvalue weighted by molar-refractivity contribution is -0.119. The van der Waals surface area contributed by atoms with E-state index in [9.17, 15) is 13.2 Å². The Morgan fingerprint density at radius 3 is 2.64 bits per heavy atom. The smallest absolute Gasteiger partial charge is 0.243 e. The molecule has 150 valence electrons. The molecule has 2 aromatic rings. The number of thiazole rings is 1. The van der Waals surface area contributed by atoms with Crippen LogP contribution in [0.4, 0.5) is 5.13 Å². The Morgan fingerprint density at radius 1 is 1.29 bits per heavy atom. The largest absolute Gasteiger partial charge is 0.292 e. The van der Waals surface area contributed by atoms with Crippen LogP contribution >= 0.6 is 34.5 Å². The van der Waals surface area contributed by atoms with Crippen molar-refractivity contribution in [2.75, 3.05) is 42.6 Å². The summed E-state index contributed by atoms with van der Waals surface area (Å²) in [7, 11) is -2.98. The zero-order valence-electron chi connectivity index (χ0n) is 15.0. The van der Waals surface area contributed by atoms with Crippen molar-refractivity contribution in [2.45, 2.75) is 0 Å². The van der Waals surface area contributed by atoms with Crippen LogP contribution in [0.5, 0.6) is 0 Å². The SMILES string of the molecule is C=CCN(C(=O)CN1CCS(=O)(=O)CC1)c1nc(-c2ccc(Cl)c(Cl)c2)cs1. The zero-order valence-corrected chi connectivity index (χ0v) is 18.1. The molecule has 10 heteroatoms. The van der Waals surface area contributed by atoms with Gasteiger partial charge in [0.05, 0.1) is 33.8 Å². The highest BCUT2D eigenvalue weighted by molar-refractivity contribution is 7.91. The van der Waals surface area contributed by atoms with Gasteiger partial charge in [-0.05, 0) is 12.1 Å². The number of anilines is 1. The Bertz CT molecular complexity index is 978. The first-order valence-electron chi connectivity index (χ1n) is 8.54. The van der Waals surface area contributed by atoms with Gasteiger partial charge in [-0.25, -0.2) is 13.4 Å². The number of amides is 1. The average Bonchev–Trinajstić information content (AvgIpc) is 3.13. The first-order valence-corrected chi connectivity index (χ1v) is 12.0. The van der Waals surface area contributed by atoms with Gasteiger partial charge in [-0.2, -0.15) is 0 Å². The molecule has 6 nitrogen and oxygen atoms in total. The molecule has 1 aliphatic rings. The van der Waals surface area contributed by atoms with Crippen LogP contribution in [-0.2, 0) is 14.6 Å². The van der Waals surface area contributed by atoms with Gasteiger partial charge in [-0.15, -0.1) is 17.9 Å². The van der Waals surface area contributed by atoms with Gasteiger partial charge in [-0.1, -0.05) is 35.3 Å². The van der Waals surface area contributed by atoms with Crippen LogP contribution in [0.1, 0.15) is 0 Å². The van der Waals surface area contributed by atoms with Gasteiger partial charge >= 0.3 is 0 Å². The lowest BCUT2D eigenvalue weighted by Crippen LogP contribution is -2.46. The van der Waals surface area contributed by atoms with E-state index in [0.29, 0.717) is 40.5 Å². The summed E-state index contributed by atoms with van der Waals surface area (Å²) in [6.07, 6.45) is 1.64. The molecule has 1 fully saturated rings. The maximum atomic E-state index is 12.8. The fraction of sp³-hybridized carbons (Fsp3) is 0.333. The van der Waals surface area contributed by atoms with E-state index in [4.69, 9.17) is 23.2 Å². The Labute approximate surface area is 178 Å². The summed E-state index contributed by atoms with van der Waals surface area (Å²) in [4.78, 5) is 20.8. The fourth-order valence-corrected chi connectivity index (χ4v) is 5.21. The van der Waals surface area contributed by atoms with Crippen molar-refractivity contribution in [1.29, 1.82) is 0 Å². The third-order valence-corrected chi connectivity index (χ3v) is 7.56. The van der Waals surface area contributed by atoms with E-state index in [2.05, 4.69) is 11.6 Å². The van der Waals surface area contributed by atoms with Gasteiger partial charge in [0.15, 0.2) is 15.0 Å². The topological polar surface area (TPSA) is 70.6 Å². The van der Waals surface area contributed by atoms with E-state index in [-0.39, 0.29) is 24.0 Å². The maximum absolute atomic E-state index is 12.8. The number of sulfone groups is 1. The van der Waals surface area contributed by atoms with Crippen LogP contribution in [0.15, 0.2) is 36.2 Å². The minimum absolute atomic E-state index is 0.0838. The molecule has 0 saturated carbocycles. The van der Waals surface area contributed by atoms with Gasteiger partial charge in [0, 0.05) is 30.6 Å². The fourth-order valence-electron chi connectivity index (χ4n) is 2.78. The van der Waals surface area contributed by atoms with Crippen molar-refractivity contribution >= 4 is 55.4 Å². The summed E-state index contributed by atoms with van der Waals surface area (Å²) < 4.78 is 23.1. The number of benzene rings is 1. The second kappa shape index (κ2) is 8.92. The van der Waals surface area contributed by atoms with Crippen molar-refractivity contribution in [3.8, 4) is 11.3 Å². The first-order chi connectivity index (χ1) is 13.3. The van der Waals surface area contributed by atoms with Crippen LogP contribution in [0.25, 0.3) is 11.3 Å². The van der Waals surface area contributed by atoms with Gasteiger partial charge in [-0.3, -0.25) is 14.6 Å². The highest BCUT2D eigenvalue weighted by atomic mass is 35.5. The van der Waals surface area contributed by atoms with E-state index < -0.39 is 9.84 Å². The molecular formula is C18H19Cl2N3O3S2. The molecule has 1 amide bonds. The summed E-state index contributed by atoms with van der Waals surface area (Å²) in [6, 6.07) is 5.26. The molecule has 1 saturated heterocycles. The van der Waals surface area contributed by atoms with Crippen molar-refractivity contribution in [1.82, 2.24) is 9.88 Å². The predicted molar refractivity (Wildman–Crippen MR) is 115 cm³/mol. The molecule has 1 aromatic heterocycles. The van der Waals surface area contributed by atoms with Crippen LogP contribution in [0.3, 0.4) is 0 Å². The summed E-state index contributed by atoms with van der Waals surface area (Å²) >= 11 is 13.4. The minimum atomic E-state index is -2.98. The monoisotopic (exact) mass is 459 g/mol. The van der Waals surface area contributed by atoms with Crippen molar-refractivity contribution < 1.29 is 13.2 Å². The number of carbonyl (C=O) groups is 1. The Balaban J connectivity index is 1.75. The summed E-state index contributed by atoms with van der Waals surface area (Å²) in [5.41, 5.74) is 1.51. The maximum Gasteiger partial charge on any atom is 0.243 e. The second-order valence-corrected chi connectivity index (χ2v) is 10.3. The molecule has 0 atom stereocenters. The van der Waals surface area contributed by atoms with Crippen molar-refractivity contribution in [3.63, 3.8) is 0 Å². The molecule has 0 N–H and O–H groups in total. The molecular weight excluding hydrogens is 441 g/mol. The Kier molecular flexibility index (Phi) is 6.77. The minimum Gasteiger partial charge on any atom is -0.292 e. The van der Waals surface area contributed by atoms with Crippen LogP contribution in [0.2, 0.25) is 10.0 Å². The Morgan fingerprint density at radius 2 is 2.00 bits per heavy atom. The summed E-state index contributed by atoms with van der Waals surface area (Å²) in [5.74, 6) is 0.0234. The predicted octanol–water partition coefficient (Wildman–Crippen LogP) is 3.37. The summed E-state index contributed by atoms with van der Waals surface area (Å²) in [5, 5.41) is 3.31. The van der Waals surface area contributed by atoms with Gasteiger partial charge < -0.3 is 0 Å². The van der Waals surface area contributed by atoms with E-state index in [1.165, 1.54) is 11.3 Å². The van der Waals surface area contributed by atoms with E-state index in [1.54, 1.807) is 23.1 Å². The second-order valence-electron chi connectivity index (χ2n) is 6.37. The number of nitrogens with zero attached hydrogens (tertiary/aromatic N) is 3. The van der Waals surface area contributed by atoms with Gasteiger partial charge in [0.1, 0.15) is 0 Å². The molecule has 0 aliphatic carbocycles. The molecule has 0 spiro atoms. The molecule has 1 aliphatic heterocycles. The van der Waals surface area contributed by atoms with Crippen LogP contribution < -0.4 is 4.90 Å². The molecule has 1 aromatic carbocycles. The van der Waals surface area contributed by atoms with E-state index in [1.807, 2.05) is 16.3 Å².